The van der Waals surface area contributed by atoms with Crippen LogP contribution in [0.15, 0.2) is 29.3 Å². The number of hydrogen-bond acceptors (Lipinski definition) is 3. The third-order valence-electron chi connectivity index (χ3n) is 5.22. The molecule has 0 radical (unpaired) electrons. The predicted octanol–water partition coefficient (Wildman–Crippen LogP) is 2.33. The molecule has 0 heterocycles. The van der Waals surface area contributed by atoms with Crippen LogP contribution in [0.1, 0.15) is 37.4 Å². The van der Waals surface area contributed by atoms with E-state index in [1.807, 2.05) is 0 Å². The summed E-state index contributed by atoms with van der Waals surface area (Å²) in [5.74, 6) is 0.521. The fourth-order valence-corrected chi connectivity index (χ4v) is 3.67. The number of benzene rings is 1. The quantitative estimate of drug-likeness (QED) is 0.565. The van der Waals surface area contributed by atoms with E-state index in [2.05, 4.69) is 15.6 Å². The first-order valence-electron chi connectivity index (χ1n) is 9.36. The summed E-state index contributed by atoms with van der Waals surface area (Å²) in [6, 6.07) is 6.27. The highest BCUT2D eigenvalue weighted by Crippen LogP contribution is 2.38. The average molecular weight is 378 g/mol. The number of carbonyl (C=O) groups is 1. The fourth-order valence-electron chi connectivity index (χ4n) is 3.67. The first-order chi connectivity index (χ1) is 12.9. The lowest BCUT2D eigenvalue weighted by Gasteiger charge is -2.31. The maximum atomic E-state index is 13.1. The Kier molecular flexibility index (Phi) is 7.59. The molecule has 2 N–H and O–H groups in total. The molecule has 2 rings (SSSR count). The largest absolute Gasteiger partial charge is 0.375 e. The lowest BCUT2D eigenvalue weighted by atomic mass is 9.84. The number of amides is 1. The van der Waals surface area contributed by atoms with Crippen molar-refractivity contribution in [1.29, 1.82) is 0 Å². The Morgan fingerprint density at radius 1 is 1.26 bits per heavy atom. The van der Waals surface area contributed by atoms with Gasteiger partial charge in [0.1, 0.15) is 5.82 Å². The zero-order valence-corrected chi connectivity index (χ0v) is 16.7. The standard InChI is InChI=1S/C20H31FN4O2/c1-22-19(23-13-17(27-4)15-7-9-16(21)10-8-15)24-14-20(11-5-6-12-20)18(26)25(2)3/h7-10,17H,5-6,11-14H2,1-4H3,(H2,22,23,24). The monoisotopic (exact) mass is 378 g/mol. The zero-order chi connectivity index (χ0) is 19.9. The van der Waals surface area contributed by atoms with E-state index in [0.29, 0.717) is 19.0 Å². The molecule has 0 saturated heterocycles. The molecule has 1 amide bonds. The summed E-state index contributed by atoms with van der Waals surface area (Å²) in [5, 5.41) is 6.54. The van der Waals surface area contributed by atoms with Crippen molar-refractivity contribution >= 4 is 11.9 Å². The van der Waals surface area contributed by atoms with Crippen LogP contribution >= 0.6 is 0 Å². The molecule has 1 aromatic rings. The van der Waals surface area contributed by atoms with Crippen molar-refractivity contribution in [3.05, 3.63) is 35.6 Å². The van der Waals surface area contributed by atoms with Crippen LogP contribution in [-0.2, 0) is 9.53 Å². The van der Waals surface area contributed by atoms with Crippen LogP contribution in [0.25, 0.3) is 0 Å². The third-order valence-corrected chi connectivity index (χ3v) is 5.22. The Morgan fingerprint density at radius 2 is 1.89 bits per heavy atom. The number of guanidine groups is 1. The lowest BCUT2D eigenvalue weighted by molar-refractivity contribution is -0.138. The first-order valence-corrected chi connectivity index (χ1v) is 9.36. The molecule has 1 aromatic carbocycles. The maximum Gasteiger partial charge on any atom is 0.230 e. The van der Waals surface area contributed by atoms with Crippen molar-refractivity contribution in [2.75, 3.05) is 41.3 Å². The predicted molar refractivity (Wildman–Crippen MR) is 105 cm³/mol. The summed E-state index contributed by atoms with van der Waals surface area (Å²) < 4.78 is 18.6. The minimum absolute atomic E-state index is 0.170. The smallest absolute Gasteiger partial charge is 0.230 e. The van der Waals surface area contributed by atoms with E-state index in [4.69, 9.17) is 4.74 Å². The Bertz CT molecular complexity index is 640. The molecule has 0 bridgehead atoms. The van der Waals surface area contributed by atoms with Gasteiger partial charge in [0.05, 0.1) is 11.5 Å². The second-order valence-electron chi connectivity index (χ2n) is 7.27. The summed E-state index contributed by atoms with van der Waals surface area (Å²) in [7, 11) is 6.93. The number of nitrogens with one attached hydrogen (secondary N) is 2. The Hall–Kier alpha value is -2.15. The molecule has 150 valence electrons. The van der Waals surface area contributed by atoms with E-state index >= 15 is 0 Å². The molecule has 1 aliphatic carbocycles. The molecule has 27 heavy (non-hydrogen) atoms. The molecular weight excluding hydrogens is 347 g/mol. The minimum atomic E-state index is -0.362. The van der Waals surface area contributed by atoms with Crippen LogP contribution in [0, 0.1) is 11.2 Å². The van der Waals surface area contributed by atoms with Crippen LogP contribution in [-0.4, -0.2) is 58.1 Å². The van der Waals surface area contributed by atoms with Gasteiger partial charge in [0.25, 0.3) is 0 Å². The molecule has 1 aliphatic rings. The van der Waals surface area contributed by atoms with Gasteiger partial charge < -0.3 is 20.3 Å². The summed E-state index contributed by atoms with van der Waals surface area (Å²) in [4.78, 5) is 18.6. The van der Waals surface area contributed by atoms with Crippen LogP contribution in [0.5, 0.6) is 0 Å². The maximum absolute atomic E-state index is 13.1. The summed E-state index contributed by atoms with van der Waals surface area (Å²) in [6.07, 6.45) is 3.70. The molecule has 0 aliphatic heterocycles. The summed E-state index contributed by atoms with van der Waals surface area (Å²) >= 11 is 0. The van der Waals surface area contributed by atoms with Crippen LogP contribution < -0.4 is 10.6 Å². The van der Waals surface area contributed by atoms with Gasteiger partial charge >= 0.3 is 0 Å². The van der Waals surface area contributed by atoms with Gasteiger partial charge in [-0.1, -0.05) is 25.0 Å². The number of nitrogens with zero attached hydrogens (tertiary/aromatic N) is 2. The zero-order valence-electron chi connectivity index (χ0n) is 16.7. The van der Waals surface area contributed by atoms with Gasteiger partial charge in [0.2, 0.25) is 5.91 Å². The Labute approximate surface area is 161 Å². The number of rotatable bonds is 7. The highest BCUT2D eigenvalue weighted by Gasteiger charge is 2.42. The lowest BCUT2D eigenvalue weighted by Crippen LogP contribution is -2.49. The molecule has 1 atom stereocenters. The minimum Gasteiger partial charge on any atom is -0.375 e. The van der Waals surface area contributed by atoms with Crippen LogP contribution in [0.2, 0.25) is 0 Å². The van der Waals surface area contributed by atoms with E-state index in [0.717, 1.165) is 31.2 Å². The van der Waals surface area contributed by atoms with Crippen LogP contribution in [0.4, 0.5) is 4.39 Å². The molecule has 1 saturated carbocycles. The molecule has 1 fully saturated rings. The van der Waals surface area contributed by atoms with E-state index in [1.165, 1.54) is 12.1 Å². The number of hydrogen-bond donors (Lipinski definition) is 2. The van der Waals surface area contributed by atoms with Gasteiger partial charge in [-0.05, 0) is 30.5 Å². The summed E-state index contributed by atoms with van der Waals surface area (Å²) in [5.41, 5.74) is 0.524. The van der Waals surface area contributed by atoms with Crippen molar-refractivity contribution in [3.8, 4) is 0 Å². The van der Waals surface area contributed by atoms with E-state index < -0.39 is 0 Å². The molecule has 7 heteroatoms. The average Bonchev–Trinajstić information content (AvgIpc) is 3.15. The number of carbonyl (C=O) groups excluding carboxylic acids is 1. The van der Waals surface area contributed by atoms with Crippen molar-refractivity contribution in [3.63, 3.8) is 0 Å². The number of halogens is 1. The van der Waals surface area contributed by atoms with Gasteiger partial charge in [-0.2, -0.15) is 0 Å². The third kappa shape index (κ3) is 5.42. The second-order valence-corrected chi connectivity index (χ2v) is 7.27. The van der Waals surface area contributed by atoms with E-state index in [-0.39, 0.29) is 23.2 Å². The van der Waals surface area contributed by atoms with Gasteiger partial charge in [0.15, 0.2) is 5.96 Å². The van der Waals surface area contributed by atoms with Crippen LogP contribution in [0.3, 0.4) is 0 Å². The van der Waals surface area contributed by atoms with Gasteiger partial charge in [-0.15, -0.1) is 0 Å². The SMILES string of the molecule is CN=C(NCC(OC)c1ccc(F)cc1)NCC1(C(=O)N(C)C)CCCC1. The number of aliphatic imine (C=N–C) groups is 1. The normalized spacial score (nSPS) is 17.4. The first kappa shape index (κ1) is 21.2. The fraction of sp³-hybridized carbons (Fsp3) is 0.600. The van der Waals surface area contributed by atoms with Gasteiger partial charge in [-0.3, -0.25) is 9.79 Å². The van der Waals surface area contributed by atoms with Gasteiger partial charge in [0, 0.05) is 41.3 Å². The second kappa shape index (κ2) is 9.69. The Morgan fingerprint density at radius 3 is 2.41 bits per heavy atom. The molecule has 0 spiro atoms. The van der Waals surface area contributed by atoms with Crippen molar-refractivity contribution in [2.45, 2.75) is 31.8 Å². The highest BCUT2D eigenvalue weighted by molar-refractivity contribution is 5.85. The Balaban J connectivity index is 1.94. The van der Waals surface area contributed by atoms with Crippen molar-refractivity contribution < 1.29 is 13.9 Å². The van der Waals surface area contributed by atoms with Crippen molar-refractivity contribution in [1.82, 2.24) is 15.5 Å². The number of methoxy groups -OCH3 is 1. The topological polar surface area (TPSA) is 66.0 Å². The van der Waals surface area contributed by atoms with Gasteiger partial charge in [-0.25, -0.2) is 4.39 Å². The van der Waals surface area contributed by atoms with Crippen molar-refractivity contribution in [2.24, 2.45) is 10.4 Å². The molecule has 1 unspecified atom stereocenters. The molecule has 0 aromatic heterocycles. The summed E-state index contributed by atoms with van der Waals surface area (Å²) in [6.45, 7) is 1.04. The molecular formula is C20H31FN4O2. The molecule has 6 nitrogen and oxygen atoms in total. The number of ether oxygens (including phenoxy) is 1. The van der Waals surface area contributed by atoms with E-state index in [9.17, 15) is 9.18 Å². The highest BCUT2D eigenvalue weighted by atomic mass is 19.1. The van der Waals surface area contributed by atoms with E-state index in [1.54, 1.807) is 45.3 Å².